The Hall–Kier alpha value is -2.76. The highest BCUT2D eigenvalue weighted by Gasteiger charge is 2.04. The van der Waals surface area contributed by atoms with Gasteiger partial charge in [-0.3, -0.25) is 4.79 Å². The Kier molecular flexibility index (Phi) is 4.09. The Morgan fingerprint density at radius 2 is 1.86 bits per heavy atom. The number of halogens is 1. The lowest BCUT2D eigenvalue weighted by molar-refractivity contribution is 0.295. The second-order valence-corrected chi connectivity index (χ2v) is 4.79. The first-order chi connectivity index (χ1) is 10.7. The van der Waals surface area contributed by atoms with E-state index in [1.165, 1.54) is 16.8 Å². The van der Waals surface area contributed by atoms with Crippen LogP contribution < -0.4 is 10.3 Å². The van der Waals surface area contributed by atoms with Gasteiger partial charge < -0.3 is 4.74 Å². The molecule has 0 aliphatic heterocycles. The minimum absolute atomic E-state index is 0.160. The molecule has 0 bridgehead atoms. The lowest BCUT2D eigenvalue weighted by atomic mass is 10.2. The molecule has 3 aromatic rings. The molecule has 22 heavy (non-hydrogen) atoms. The molecule has 2 aromatic carbocycles. The van der Waals surface area contributed by atoms with Crippen LogP contribution in [-0.2, 0) is 6.54 Å². The maximum absolute atomic E-state index is 12.8. The van der Waals surface area contributed by atoms with Gasteiger partial charge in [-0.1, -0.05) is 17.3 Å². The average Bonchev–Trinajstić information content (AvgIpc) is 2.55. The Morgan fingerprint density at radius 1 is 1.09 bits per heavy atom. The highest BCUT2D eigenvalue weighted by molar-refractivity contribution is 5.76. The van der Waals surface area contributed by atoms with Crippen LogP contribution in [0.2, 0.25) is 0 Å². The van der Waals surface area contributed by atoms with E-state index in [4.69, 9.17) is 4.74 Å². The molecule has 5 nitrogen and oxygen atoms in total. The third kappa shape index (κ3) is 3.11. The van der Waals surface area contributed by atoms with Gasteiger partial charge in [-0.15, -0.1) is 5.10 Å². The third-order valence-corrected chi connectivity index (χ3v) is 3.23. The van der Waals surface area contributed by atoms with E-state index in [0.717, 1.165) is 0 Å². The third-order valence-electron chi connectivity index (χ3n) is 3.23. The number of ether oxygens (including phenoxy) is 1. The second kappa shape index (κ2) is 6.34. The molecular weight excluding hydrogens is 285 g/mol. The van der Waals surface area contributed by atoms with Crippen LogP contribution in [0.25, 0.3) is 10.9 Å². The fourth-order valence-electron chi connectivity index (χ4n) is 2.10. The molecule has 6 heteroatoms. The van der Waals surface area contributed by atoms with Crippen LogP contribution in [0.4, 0.5) is 4.39 Å². The SMILES string of the molecule is O=c1c2ccccc2nnn1CCCOc1ccc(F)cc1. The normalized spacial score (nSPS) is 10.8. The molecule has 0 aliphatic carbocycles. The molecule has 0 aliphatic rings. The highest BCUT2D eigenvalue weighted by Crippen LogP contribution is 2.11. The second-order valence-electron chi connectivity index (χ2n) is 4.79. The minimum atomic E-state index is -0.301. The summed E-state index contributed by atoms with van der Waals surface area (Å²) in [5, 5.41) is 8.48. The van der Waals surface area contributed by atoms with Gasteiger partial charge in [-0.2, -0.15) is 0 Å². The van der Waals surface area contributed by atoms with Crippen LogP contribution in [0.1, 0.15) is 6.42 Å². The minimum Gasteiger partial charge on any atom is -0.494 e. The number of aryl methyl sites for hydroxylation is 1. The van der Waals surface area contributed by atoms with Crippen molar-refractivity contribution in [2.75, 3.05) is 6.61 Å². The van der Waals surface area contributed by atoms with Gasteiger partial charge in [0.15, 0.2) is 0 Å². The van der Waals surface area contributed by atoms with Crippen LogP contribution in [0.5, 0.6) is 5.75 Å². The monoisotopic (exact) mass is 299 g/mol. The molecule has 0 atom stereocenters. The van der Waals surface area contributed by atoms with Gasteiger partial charge in [0, 0.05) is 13.0 Å². The molecule has 0 N–H and O–H groups in total. The Bertz CT molecular complexity index is 831. The summed E-state index contributed by atoms with van der Waals surface area (Å²) >= 11 is 0. The van der Waals surface area contributed by atoms with Crippen molar-refractivity contribution in [1.29, 1.82) is 0 Å². The molecule has 0 spiro atoms. The van der Waals surface area contributed by atoms with Crippen molar-refractivity contribution in [3.8, 4) is 5.75 Å². The summed E-state index contributed by atoms with van der Waals surface area (Å²) in [5.74, 6) is 0.295. The fourth-order valence-corrected chi connectivity index (χ4v) is 2.10. The van der Waals surface area contributed by atoms with Gasteiger partial charge in [0.1, 0.15) is 17.1 Å². The zero-order valence-corrected chi connectivity index (χ0v) is 11.8. The molecule has 0 radical (unpaired) electrons. The summed E-state index contributed by atoms with van der Waals surface area (Å²) in [4.78, 5) is 12.2. The van der Waals surface area contributed by atoms with E-state index < -0.39 is 0 Å². The van der Waals surface area contributed by atoms with Gasteiger partial charge in [-0.05, 0) is 36.4 Å². The van der Waals surface area contributed by atoms with Crippen LogP contribution >= 0.6 is 0 Å². The van der Waals surface area contributed by atoms with Crippen molar-refractivity contribution in [3.05, 3.63) is 64.7 Å². The van der Waals surface area contributed by atoms with E-state index in [0.29, 0.717) is 36.2 Å². The average molecular weight is 299 g/mol. The number of benzene rings is 2. The number of nitrogens with zero attached hydrogens (tertiary/aromatic N) is 3. The summed E-state index contributed by atoms with van der Waals surface area (Å²) in [7, 11) is 0. The zero-order valence-electron chi connectivity index (χ0n) is 11.8. The molecule has 112 valence electrons. The molecular formula is C16H14FN3O2. The summed E-state index contributed by atoms with van der Waals surface area (Å²) in [6, 6.07) is 12.9. The zero-order chi connectivity index (χ0) is 15.4. The van der Waals surface area contributed by atoms with Crippen LogP contribution in [0, 0.1) is 5.82 Å². The van der Waals surface area contributed by atoms with E-state index in [2.05, 4.69) is 10.3 Å². The van der Waals surface area contributed by atoms with Gasteiger partial charge in [-0.25, -0.2) is 9.07 Å². The fraction of sp³-hybridized carbons (Fsp3) is 0.188. The molecule has 0 amide bonds. The lowest BCUT2D eigenvalue weighted by Gasteiger charge is -2.07. The largest absolute Gasteiger partial charge is 0.494 e. The van der Waals surface area contributed by atoms with E-state index in [1.54, 1.807) is 30.3 Å². The van der Waals surface area contributed by atoms with E-state index in [1.807, 2.05) is 6.07 Å². The van der Waals surface area contributed by atoms with Crippen molar-refractivity contribution < 1.29 is 9.13 Å². The number of aromatic nitrogens is 3. The highest BCUT2D eigenvalue weighted by atomic mass is 19.1. The first-order valence-electron chi connectivity index (χ1n) is 6.95. The summed E-state index contributed by atoms with van der Waals surface area (Å²) in [6.45, 7) is 0.824. The topological polar surface area (TPSA) is 57.0 Å². The van der Waals surface area contributed by atoms with Crippen molar-refractivity contribution in [2.45, 2.75) is 13.0 Å². The molecule has 0 saturated carbocycles. The molecule has 0 saturated heterocycles. The van der Waals surface area contributed by atoms with E-state index >= 15 is 0 Å². The Balaban J connectivity index is 1.61. The molecule has 1 heterocycles. The van der Waals surface area contributed by atoms with Crippen molar-refractivity contribution in [3.63, 3.8) is 0 Å². The Labute approximate surface area is 126 Å². The van der Waals surface area contributed by atoms with Crippen LogP contribution in [0.3, 0.4) is 0 Å². The molecule has 0 unspecified atom stereocenters. The Morgan fingerprint density at radius 3 is 2.68 bits per heavy atom. The number of hydrogen-bond donors (Lipinski definition) is 0. The standard InChI is InChI=1S/C16H14FN3O2/c17-12-6-8-13(9-7-12)22-11-3-10-20-16(21)14-4-1-2-5-15(14)18-19-20/h1-2,4-9H,3,10-11H2. The predicted octanol–water partition coefficient (Wildman–Crippen LogP) is 2.40. The smallest absolute Gasteiger partial charge is 0.277 e. The van der Waals surface area contributed by atoms with Crippen molar-refractivity contribution >= 4 is 10.9 Å². The van der Waals surface area contributed by atoms with Crippen LogP contribution in [-0.4, -0.2) is 21.6 Å². The van der Waals surface area contributed by atoms with Gasteiger partial charge in [0.2, 0.25) is 0 Å². The number of fused-ring (bicyclic) bond motifs is 1. The first kappa shape index (κ1) is 14.2. The summed E-state index contributed by atoms with van der Waals surface area (Å²) in [6.07, 6.45) is 0.601. The van der Waals surface area contributed by atoms with Crippen LogP contribution in [0.15, 0.2) is 53.3 Å². The molecule has 0 fully saturated rings. The predicted molar refractivity (Wildman–Crippen MR) is 80.3 cm³/mol. The summed E-state index contributed by atoms with van der Waals surface area (Å²) < 4.78 is 19.6. The number of rotatable bonds is 5. The van der Waals surface area contributed by atoms with Crippen molar-refractivity contribution in [2.24, 2.45) is 0 Å². The van der Waals surface area contributed by atoms with Gasteiger partial charge >= 0.3 is 0 Å². The van der Waals surface area contributed by atoms with E-state index in [-0.39, 0.29) is 11.4 Å². The van der Waals surface area contributed by atoms with Crippen molar-refractivity contribution in [1.82, 2.24) is 15.0 Å². The maximum Gasteiger partial charge on any atom is 0.277 e. The maximum atomic E-state index is 12.8. The van der Waals surface area contributed by atoms with E-state index in [9.17, 15) is 9.18 Å². The molecule has 1 aromatic heterocycles. The van der Waals surface area contributed by atoms with Gasteiger partial charge in [0.25, 0.3) is 5.56 Å². The van der Waals surface area contributed by atoms with Gasteiger partial charge in [0.05, 0.1) is 12.0 Å². The first-order valence-corrected chi connectivity index (χ1v) is 6.95. The lowest BCUT2D eigenvalue weighted by Crippen LogP contribution is -2.25. The molecule has 3 rings (SSSR count). The number of hydrogen-bond acceptors (Lipinski definition) is 4. The summed E-state index contributed by atoms with van der Waals surface area (Å²) in [5.41, 5.74) is 0.429. The quantitative estimate of drug-likeness (QED) is 0.679.